The van der Waals surface area contributed by atoms with Crippen molar-refractivity contribution in [3.05, 3.63) is 34.9 Å². The van der Waals surface area contributed by atoms with E-state index >= 15 is 0 Å². The van der Waals surface area contributed by atoms with Crippen molar-refractivity contribution in [2.24, 2.45) is 0 Å². The molecule has 0 fully saturated rings. The van der Waals surface area contributed by atoms with E-state index in [4.69, 9.17) is 16.3 Å². The molecule has 0 saturated heterocycles. The first kappa shape index (κ1) is 15.2. The Morgan fingerprint density at radius 2 is 2.11 bits per heavy atom. The molecule has 0 aliphatic rings. The Bertz CT molecular complexity index is 460. The van der Waals surface area contributed by atoms with Crippen LogP contribution in [0, 0.1) is 0 Å². The van der Waals surface area contributed by atoms with Gasteiger partial charge in [0.25, 0.3) is 0 Å². The number of ether oxygens (including phenoxy) is 1. The van der Waals surface area contributed by atoms with Crippen LogP contribution in [0.2, 0.25) is 0 Å². The van der Waals surface area contributed by atoms with E-state index in [1.807, 2.05) is 0 Å². The highest BCUT2D eigenvalue weighted by Gasteiger charge is 2.18. The Labute approximate surface area is 120 Å². The SMILES string of the molecule is CCOC(=O)c1cc(C(Cl)C(C)=O)ccc1CBr. The highest BCUT2D eigenvalue weighted by Crippen LogP contribution is 2.25. The van der Waals surface area contributed by atoms with Gasteiger partial charge in [-0.15, -0.1) is 11.6 Å². The molecule has 1 aromatic carbocycles. The minimum Gasteiger partial charge on any atom is -0.462 e. The van der Waals surface area contributed by atoms with Crippen LogP contribution >= 0.6 is 27.5 Å². The lowest BCUT2D eigenvalue weighted by molar-refractivity contribution is -0.116. The number of carbonyl (C=O) groups excluding carboxylic acids is 2. The van der Waals surface area contributed by atoms with Crippen molar-refractivity contribution in [1.82, 2.24) is 0 Å². The highest BCUT2D eigenvalue weighted by atomic mass is 79.9. The average molecular weight is 334 g/mol. The van der Waals surface area contributed by atoms with Gasteiger partial charge in [-0.3, -0.25) is 4.79 Å². The second-order valence-corrected chi connectivity index (χ2v) is 4.74. The maximum absolute atomic E-state index is 11.8. The summed E-state index contributed by atoms with van der Waals surface area (Å²) < 4.78 is 4.98. The number of Topliss-reactive ketones (excluding diaryl/α,β-unsaturated/α-hetero) is 1. The van der Waals surface area contributed by atoms with Gasteiger partial charge in [0.05, 0.1) is 12.2 Å². The van der Waals surface area contributed by atoms with Gasteiger partial charge in [0.1, 0.15) is 5.38 Å². The first-order valence-corrected chi connectivity index (χ1v) is 7.07. The number of benzene rings is 1. The molecule has 0 amide bonds. The zero-order valence-electron chi connectivity index (χ0n) is 10.2. The zero-order chi connectivity index (χ0) is 13.7. The molecule has 1 aromatic rings. The molecule has 0 N–H and O–H groups in total. The number of carbonyl (C=O) groups is 2. The predicted molar refractivity (Wildman–Crippen MR) is 74.3 cm³/mol. The van der Waals surface area contributed by atoms with E-state index in [1.165, 1.54) is 6.92 Å². The lowest BCUT2D eigenvalue weighted by Crippen LogP contribution is -2.10. The van der Waals surface area contributed by atoms with Gasteiger partial charge in [0.15, 0.2) is 5.78 Å². The Hall–Kier alpha value is -0.870. The van der Waals surface area contributed by atoms with Crippen molar-refractivity contribution >= 4 is 39.3 Å². The summed E-state index contributed by atoms with van der Waals surface area (Å²) in [6.45, 7) is 3.47. The van der Waals surface area contributed by atoms with Crippen molar-refractivity contribution < 1.29 is 14.3 Å². The summed E-state index contributed by atoms with van der Waals surface area (Å²) in [6.07, 6.45) is 0. The quantitative estimate of drug-likeness (QED) is 0.610. The molecule has 0 aromatic heterocycles. The number of alkyl halides is 2. The summed E-state index contributed by atoms with van der Waals surface area (Å²) in [6, 6.07) is 5.14. The van der Waals surface area contributed by atoms with Crippen LogP contribution in [0.3, 0.4) is 0 Å². The van der Waals surface area contributed by atoms with E-state index in [2.05, 4.69) is 15.9 Å². The second-order valence-electron chi connectivity index (χ2n) is 3.74. The van der Waals surface area contributed by atoms with Crippen molar-refractivity contribution in [2.75, 3.05) is 6.61 Å². The van der Waals surface area contributed by atoms with Crippen molar-refractivity contribution in [3.63, 3.8) is 0 Å². The van der Waals surface area contributed by atoms with Crippen LogP contribution in [0.1, 0.15) is 40.7 Å². The maximum Gasteiger partial charge on any atom is 0.338 e. The fourth-order valence-corrected chi connectivity index (χ4v) is 2.13. The van der Waals surface area contributed by atoms with Crippen molar-refractivity contribution in [1.29, 1.82) is 0 Å². The fourth-order valence-electron chi connectivity index (χ4n) is 1.50. The van der Waals surface area contributed by atoms with E-state index in [-0.39, 0.29) is 5.78 Å². The van der Waals surface area contributed by atoms with Gasteiger partial charge in [-0.25, -0.2) is 4.79 Å². The third-order valence-corrected chi connectivity index (χ3v) is 3.59. The molecule has 5 heteroatoms. The number of halogens is 2. The lowest BCUT2D eigenvalue weighted by Gasteiger charge is -2.11. The minimum absolute atomic E-state index is 0.155. The molecule has 0 aliphatic heterocycles. The molecule has 3 nitrogen and oxygen atoms in total. The molecule has 0 bridgehead atoms. The van der Waals surface area contributed by atoms with E-state index in [1.54, 1.807) is 25.1 Å². The number of hydrogen-bond acceptors (Lipinski definition) is 3. The summed E-state index contributed by atoms with van der Waals surface area (Å²) in [5, 5.41) is -0.198. The molecule has 0 spiro atoms. The summed E-state index contributed by atoms with van der Waals surface area (Å²) >= 11 is 9.29. The predicted octanol–water partition coefficient (Wildman–Crippen LogP) is 3.63. The molecule has 1 unspecified atom stereocenters. The molecule has 1 atom stereocenters. The normalized spacial score (nSPS) is 12.0. The second kappa shape index (κ2) is 6.90. The largest absolute Gasteiger partial charge is 0.462 e. The first-order chi connectivity index (χ1) is 8.51. The fraction of sp³-hybridized carbons (Fsp3) is 0.385. The lowest BCUT2D eigenvalue weighted by atomic mass is 10.0. The van der Waals surface area contributed by atoms with Crippen LogP contribution in [-0.2, 0) is 14.9 Å². The summed E-state index contributed by atoms with van der Waals surface area (Å²) in [5.41, 5.74) is 1.86. The Morgan fingerprint density at radius 1 is 1.44 bits per heavy atom. The molecular weight excluding hydrogens is 319 g/mol. The molecule has 0 radical (unpaired) electrons. The number of hydrogen-bond donors (Lipinski definition) is 0. The van der Waals surface area contributed by atoms with E-state index in [0.717, 1.165) is 5.56 Å². The molecule has 0 saturated carbocycles. The third-order valence-electron chi connectivity index (χ3n) is 2.42. The van der Waals surface area contributed by atoms with Crippen LogP contribution in [0.15, 0.2) is 18.2 Å². The molecular formula is C13H14BrClO3. The van der Waals surface area contributed by atoms with Crippen molar-refractivity contribution in [3.8, 4) is 0 Å². The Morgan fingerprint density at radius 3 is 2.61 bits per heavy atom. The highest BCUT2D eigenvalue weighted by molar-refractivity contribution is 9.08. The van der Waals surface area contributed by atoms with Gasteiger partial charge in [-0.05, 0) is 31.0 Å². The van der Waals surface area contributed by atoms with Gasteiger partial charge in [0, 0.05) is 5.33 Å². The molecule has 1 rings (SSSR count). The summed E-state index contributed by atoms with van der Waals surface area (Å²) in [5.74, 6) is -0.556. The van der Waals surface area contributed by atoms with Crippen LogP contribution in [0.4, 0.5) is 0 Å². The first-order valence-electron chi connectivity index (χ1n) is 5.51. The van der Waals surface area contributed by atoms with Gasteiger partial charge >= 0.3 is 5.97 Å². The van der Waals surface area contributed by atoms with Gasteiger partial charge in [0.2, 0.25) is 0 Å². The van der Waals surface area contributed by atoms with Crippen LogP contribution in [0.5, 0.6) is 0 Å². The van der Waals surface area contributed by atoms with Crippen molar-refractivity contribution in [2.45, 2.75) is 24.6 Å². The Kier molecular flexibility index (Phi) is 5.82. The molecule has 0 heterocycles. The molecule has 18 heavy (non-hydrogen) atoms. The minimum atomic E-state index is -0.734. The van der Waals surface area contributed by atoms with Crippen LogP contribution < -0.4 is 0 Å². The van der Waals surface area contributed by atoms with Crippen LogP contribution in [-0.4, -0.2) is 18.4 Å². The third kappa shape index (κ3) is 3.56. The van der Waals surface area contributed by atoms with Gasteiger partial charge < -0.3 is 4.74 Å². The summed E-state index contributed by atoms with van der Waals surface area (Å²) in [4.78, 5) is 23.0. The standard InChI is InChI=1S/C13H14BrClO3/c1-3-18-13(17)11-6-9(12(15)8(2)16)4-5-10(11)7-14/h4-6,12H,3,7H2,1-2H3. The average Bonchev–Trinajstić information content (AvgIpc) is 2.37. The number of esters is 1. The number of ketones is 1. The van der Waals surface area contributed by atoms with E-state index in [9.17, 15) is 9.59 Å². The topological polar surface area (TPSA) is 43.4 Å². The van der Waals surface area contributed by atoms with Gasteiger partial charge in [-0.1, -0.05) is 28.1 Å². The molecule has 0 aliphatic carbocycles. The maximum atomic E-state index is 11.8. The van der Waals surface area contributed by atoms with E-state index < -0.39 is 11.3 Å². The Balaban J connectivity index is 3.17. The summed E-state index contributed by atoms with van der Waals surface area (Å²) in [7, 11) is 0. The number of rotatable bonds is 5. The van der Waals surface area contributed by atoms with E-state index in [0.29, 0.717) is 23.1 Å². The zero-order valence-corrected chi connectivity index (χ0v) is 12.5. The monoisotopic (exact) mass is 332 g/mol. The van der Waals surface area contributed by atoms with Gasteiger partial charge in [-0.2, -0.15) is 0 Å². The smallest absolute Gasteiger partial charge is 0.338 e. The molecule has 98 valence electrons. The van der Waals surface area contributed by atoms with Crippen LogP contribution in [0.25, 0.3) is 0 Å².